The summed E-state index contributed by atoms with van der Waals surface area (Å²) in [6.45, 7) is 0. The first-order valence-electron chi connectivity index (χ1n) is 9.87. The van der Waals surface area contributed by atoms with Crippen LogP contribution >= 0.6 is 0 Å². The summed E-state index contributed by atoms with van der Waals surface area (Å²) in [4.78, 5) is 19.5. The number of benzene rings is 3. The van der Waals surface area contributed by atoms with Gasteiger partial charge in [0, 0.05) is 34.6 Å². The van der Waals surface area contributed by atoms with Crippen LogP contribution in [-0.2, 0) is 6.42 Å². The van der Waals surface area contributed by atoms with E-state index >= 15 is 0 Å². The first-order valence-corrected chi connectivity index (χ1v) is 9.87. The largest absolute Gasteiger partial charge is 0.478 e. The number of carbonyl (C=O) groups is 1. The molecule has 0 amide bonds. The number of aromatic carboxylic acids is 1. The van der Waals surface area contributed by atoms with Crippen LogP contribution in [0.3, 0.4) is 0 Å². The van der Waals surface area contributed by atoms with Gasteiger partial charge >= 0.3 is 5.97 Å². The Morgan fingerprint density at radius 3 is 2.45 bits per heavy atom. The number of carboxylic acid groups (broad SMARTS) is 1. The van der Waals surface area contributed by atoms with Gasteiger partial charge in [-0.05, 0) is 23.8 Å². The average molecular weight is 406 g/mol. The maximum Gasteiger partial charge on any atom is 0.335 e. The van der Waals surface area contributed by atoms with E-state index in [0.29, 0.717) is 29.2 Å². The van der Waals surface area contributed by atoms with Crippen LogP contribution < -0.4 is 0 Å². The predicted octanol–water partition coefficient (Wildman–Crippen LogP) is 4.98. The molecule has 0 spiro atoms. The van der Waals surface area contributed by atoms with Crippen molar-refractivity contribution in [1.29, 1.82) is 0 Å². The third-order valence-electron chi connectivity index (χ3n) is 5.18. The van der Waals surface area contributed by atoms with E-state index in [-0.39, 0.29) is 5.56 Å². The smallest absolute Gasteiger partial charge is 0.335 e. The summed E-state index contributed by atoms with van der Waals surface area (Å²) in [7, 11) is 0. The van der Waals surface area contributed by atoms with Crippen molar-refractivity contribution >= 4 is 16.9 Å². The summed E-state index contributed by atoms with van der Waals surface area (Å²) < 4.78 is 0. The zero-order valence-electron chi connectivity index (χ0n) is 16.5. The molecule has 0 atom stereocenters. The molecule has 31 heavy (non-hydrogen) atoms. The molecule has 6 heteroatoms. The van der Waals surface area contributed by atoms with Crippen molar-refractivity contribution in [2.45, 2.75) is 6.42 Å². The molecule has 3 aromatic carbocycles. The minimum atomic E-state index is -0.986. The summed E-state index contributed by atoms with van der Waals surface area (Å²) in [6.07, 6.45) is 2.51. The lowest BCUT2D eigenvalue weighted by atomic mass is 10.0. The van der Waals surface area contributed by atoms with Crippen LogP contribution in [0.4, 0.5) is 0 Å². The van der Waals surface area contributed by atoms with Gasteiger partial charge in [-0.25, -0.2) is 9.78 Å². The molecule has 150 valence electrons. The Kier molecular flexibility index (Phi) is 4.72. The number of aromatic amines is 1. The monoisotopic (exact) mass is 406 g/mol. The first kappa shape index (κ1) is 18.7. The average Bonchev–Trinajstić information content (AvgIpc) is 3.22. The standard InChI is InChI=1S/C25H18N4O2/c30-25(31)18-10-6-9-17(13-18)24-23(16-7-2-1-3-8-16)27-22(28-29-24)14-19-15-26-21-12-5-4-11-20(19)21/h1-13,15,26H,14H2,(H,30,31). The Bertz CT molecular complexity index is 1390. The molecule has 5 rings (SSSR count). The number of hydrogen-bond donors (Lipinski definition) is 2. The molecule has 6 nitrogen and oxygen atoms in total. The number of fused-ring (bicyclic) bond motifs is 1. The van der Waals surface area contributed by atoms with Crippen LogP contribution in [0.5, 0.6) is 0 Å². The molecule has 5 aromatic rings. The minimum Gasteiger partial charge on any atom is -0.478 e. The van der Waals surface area contributed by atoms with Crippen molar-refractivity contribution in [3.63, 3.8) is 0 Å². The molecule has 0 saturated heterocycles. The quantitative estimate of drug-likeness (QED) is 0.430. The summed E-state index contributed by atoms with van der Waals surface area (Å²) in [5.41, 5.74) is 5.14. The predicted molar refractivity (Wildman–Crippen MR) is 119 cm³/mol. The fraction of sp³-hybridized carbons (Fsp3) is 0.0400. The fourth-order valence-corrected chi connectivity index (χ4v) is 3.67. The number of para-hydroxylation sites is 1. The number of aromatic nitrogens is 4. The van der Waals surface area contributed by atoms with Gasteiger partial charge in [0.15, 0.2) is 5.82 Å². The number of nitrogens with zero attached hydrogens (tertiary/aromatic N) is 3. The van der Waals surface area contributed by atoms with Gasteiger partial charge in [-0.2, -0.15) is 0 Å². The maximum absolute atomic E-state index is 11.4. The van der Waals surface area contributed by atoms with Crippen molar-refractivity contribution in [3.8, 4) is 22.5 Å². The van der Waals surface area contributed by atoms with Crippen LogP contribution in [0.1, 0.15) is 21.7 Å². The second kappa shape index (κ2) is 7.84. The molecule has 0 saturated carbocycles. The highest BCUT2D eigenvalue weighted by atomic mass is 16.4. The zero-order chi connectivity index (χ0) is 21.2. The lowest BCUT2D eigenvalue weighted by molar-refractivity contribution is 0.0697. The highest BCUT2D eigenvalue weighted by Crippen LogP contribution is 2.29. The lowest BCUT2D eigenvalue weighted by Crippen LogP contribution is -2.04. The Hall–Kier alpha value is -4.32. The van der Waals surface area contributed by atoms with Crippen molar-refractivity contribution in [2.24, 2.45) is 0 Å². The number of hydrogen-bond acceptors (Lipinski definition) is 4. The second-order valence-electron chi connectivity index (χ2n) is 7.21. The normalized spacial score (nSPS) is 11.0. The van der Waals surface area contributed by atoms with Crippen molar-refractivity contribution in [2.75, 3.05) is 0 Å². The van der Waals surface area contributed by atoms with E-state index in [1.165, 1.54) is 0 Å². The summed E-state index contributed by atoms with van der Waals surface area (Å²) in [5.74, 6) is -0.387. The summed E-state index contributed by atoms with van der Waals surface area (Å²) >= 11 is 0. The maximum atomic E-state index is 11.4. The van der Waals surface area contributed by atoms with Crippen LogP contribution in [0.25, 0.3) is 33.4 Å². The van der Waals surface area contributed by atoms with Crippen LogP contribution in [0.2, 0.25) is 0 Å². The highest BCUT2D eigenvalue weighted by molar-refractivity contribution is 5.90. The van der Waals surface area contributed by atoms with Gasteiger partial charge in [-0.3, -0.25) is 0 Å². The lowest BCUT2D eigenvalue weighted by Gasteiger charge is -2.10. The van der Waals surface area contributed by atoms with Gasteiger partial charge in [-0.15, -0.1) is 10.2 Å². The van der Waals surface area contributed by atoms with E-state index in [2.05, 4.69) is 21.2 Å². The van der Waals surface area contributed by atoms with Crippen molar-refractivity contribution in [3.05, 3.63) is 102 Å². The molecule has 0 radical (unpaired) electrons. The van der Waals surface area contributed by atoms with Gasteiger partial charge in [0.25, 0.3) is 0 Å². The van der Waals surface area contributed by atoms with Gasteiger partial charge in [0.05, 0.1) is 5.56 Å². The molecule has 2 aromatic heterocycles. The molecular formula is C25H18N4O2. The Morgan fingerprint density at radius 1 is 0.839 bits per heavy atom. The zero-order valence-corrected chi connectivity index (χ0v) is 16.5. The summed E-state index contributed by atoms with van der Waals surface area (Å²) in [5, 5.41) is 19.3. The molecule has 2 heterocycles. The van der Waals surface area contributed by atoms with Gasteiger partial charge < -0.3 is 10.1 Å². The van der Waals surface area contributed by atoms with E-state index in [9.17, 15) is 9.90 Å². The SMILES string of the molecule is O=C(O)c1cccc(-c2nnc(Cc3c[nH]c4ccccc34)nc2-c2ccccc2)c1. The Morgan fingerprint density at radius 2 is 1.61 bits per heavy atom. The van der Waals surface area contributed by atoms with Gasteiger partial charge in [0.1, 0.15) is 11.4 Å². The molecule has 0 aliphatic carbocycles. The number of nitrogens with one attached hydrogen (secondary N) is 1. The van der Waals surface area contributed by atoms with E-state index in [0.717, 1.165) is 22.0 Å². The number of rotatable bonds is 5. The third kappa shape index (κ3) is 3.67. The molecule has 0 unspecified atom stereocenters. The number of H-pyrrole nitrogens is 1. The van der Waals surface area contributed by atoms with Crippen LogP contribution in [0, 0.1) is 0 Å². The van der Waals surface area contributed by atoms with Gasteiger partial charge in [0.2, 0.25) is 0 Å². The fourth-order valence-electron chi connectivity index (χ4n) is 3.67. The molecule has 0 aliphatic heterocycles. The second-order valence-corrected chi connectivity index (χ2v) is 7.21. The Labute approximate surface area is 178 Å². The van der Waals surface area contributed by atoms with E-state index in [1.807, 2.05) is 60.8 Å². The molecule has 0 bridgehead atoms. The van der Waals surface area contributed by atoms with Crippen LogP contribution in [0.15, 0.2) is 85.1 Å². The van der Waals surface area contributed by atoms with Crippen LogP contribution in [-0.4, -0.2) is 31.2 Å². The highest BCUT2D eigenvalue weighted by Gasteiger charge is 2.16. The minimum absolute atomic E-state index is 0.196. The van der Waals surface area contributed by atoms with E-state index in [1.54, 1.807) is 18.2 Å². The summed E-state index contributed by atoms with van der Waals surface area (Å²) in [6, 6.07) is 24.5. The molecule has 2 N–H and O–H groups in total. The van der Waals surface area contributed by atoms with Crippen molar-refractivity contribution < 1.29 is 9.90 Å². The first-order chi connectivity index (χ1) is 15.2. The number of carboxylic acids is 1. The van der Waals surface area contributed by atoms with Crippen molar-refractivity contribution in [1.82, 2.24) is 20.2 Å². The Balaban J connectivity index is 1.61. The third-order valence-corrected chi connectivity index (χ3v) is 5.18. The van der Waals surface area contributed by atoms with E-state index in [4.69, 9.17) is 4.98 Å². The molecule has 0 fully saturated rings. The molecule has 0 aliphatic rings. The molecular weight excluding hydrogens is 388 g/mol. The van der Waals surface area contributed by atoms with E-state index < -0.39 is 5.97 Å². The van der Waals surface area contributed by atoms with Gasteiger partial charge in [-0.1, -0.05) is 60.7 Å². The topological polar surface area (TPSA) is 91.8 Å².